The maximum absolute atomic E-state index is 11.6. The van der Waals surface area contributed by atoms with E-state index >= 15 is 0 Å². The molecule has 0 spiro atoms. The van der Waals surface area contributed by atoms with Gasteiger partial charge in [-0.3, -0.25) is 4.55 Å². The van der Waals surface area contributed by atoms with E-state index in [1.165, 1.54) is 6.07 Å². The average molecular weight is 416 g/mol. The zero-order valence-electron chi connectivity index (χ0n) is 17.7. The summed E-state index contributed by atoms with van der Waals surface area (Å²) in [5, 5.41) is 0. The lowest BCUT2D eigenvalue weighted by molar-refractivity contribution is 0.263. The van der Waals surface area contributed by atoms with Crippen LogP contribution < -0.4 is 0 Å². The van der Waals surface area contributed by atoms with E-state index in [0.717, 1.165) is 41.0 Å². The van der Waals surface area contributed by atoms with Crippen LogP contribution in [0.2, 0.25) is 0 Å². The van der Waals surface area contributed by atoms with Gasteiger partial charge in [0, 0.05) is 0 Å². The molecule has 0 fully saturated rings. The third-order valence-corrected chi connectivity index (χ3v) is 6.17. The van der Waals surface area contributed by atoms with Crippen molar-refractivity contribution in [3.8, 4) is 11.1 Å². The van der Waals surface area contributed by atoms with E-state index in [1.54, 1.807) is 12.1 Å². The van der Waals surface area contributed by atoms with Gasteiger partial charge in [0.15, 0.2) is 5.90 Å². The molecule has 0 aliphatic carbocycles. The Labute approximate surface area is 173 Å². The fraction of sp³-hybridized carbons (Fsp3) is 0.435. The second kappa shape index (κ2) is 7.58. The molecule has 1 aliphatic rings. The largest absolute Gasteiger partial charge is 0.478 e. The van der Waals surface area contributed by atoms with Crippen LogP contribution in [0.1, 0.15) is 52.2 Å². The van der Waals surface area contributed by atoms with Crippen molar-refractivity contribution in [1.29, 1.82) is 0 Å². The lowest BCUT2D eigenvalue weighted by Crippen LogP contribution is -2.29. The SMILES string of the molecule is CCCc1ccc(S(=O)(=O)O)cc1-c1ccc(C(C)(C)C2=NC(C)(C)CO2)cc1. The normalized spacial score (nSPS) is 16.4. The highest BCUT2D eigenvalue weighted by atomic mass is 32.2. The van der Waals surface area contributed by atoms with E-state index < -0.39 is 10.1 Å². The third kappa shape index (κ3) is 4.54. The predicted octanol–water partition coefficient (Wildman–Crippen LogP) is 5.04. The average Bonchev–Trinajstić information content (AvgIpc) is 3.02. The minimum Gasteiger partial charge on any atom is -0.478 e. The smallest absolute Gasteiger partial charge is 0.294 e. The van der Waals surface area contributed by atoms with E-state index in [0.29, 0.717) is 6.61 Å². The highest BCUT2D eigenvalue weighted by molar-refractivity contribution is 7.85. The van der Waals surface area contributed by atoms with Gasteiger partial charge in [-0.25, -0.2) is 4.99 Å². The summed E-state index contributed by atoms with van der Waals surface area (Å²) in [6.45, 7) is 10.9. The summed E-state index contributed by atoms with van der Waals surface area (Å²) in [6, 6.07) is 12.8. The number of hydrogen-bond acceptors (Lipinski definition) is 4. The van der Waals surface area contributed by atoms with E-state index in [4.69, 9.17) is 9.73 Å². The molecule has 0 saturated carbocycles. The van der Waals surface area contributed by atoms with Gasteiger partial charge in [0.05, 0.1) is 15.8 Å². The van der Waals surface area contributed by atoms with Crippen LogP contribution in [0.3, 0.4) is 0 Å². The molecule has 2 aromatic rings. The first-order chi connectivity index (χ1) is 13.4. The Hall–Kier alpha value is -2.18. The Morgan fingerprint density at radius 2 is 1.79 bits per heavy atom. The number of nitrogens with zero attached hydrogens (tertiary/aromatic N) is 1. The number of ether oxygens (including phenoxy) is 1. The van der Waals surface area contributed by atoms with Crippen LogP contribution in [-0.2, 0) is 26.7 Å². The molecule has 1 heterocycles. The third-order valence-electron chi connectivity index (χ3n) is 5.32. The molecule has 3 rings (SSSR count). The van der Waals surface area contributed by atoms with Crippen molar-refractivity contribution in [3.63, 3.8) is 0 Å². The number of aliphatic imine (C=N–C) groups is 1. The minimum absolute atomic E-state index is 0.0901. The molecule has 0 bridgehead atoms. The monoisotopic (exact) mass is 415 g/mol. The van der Waals surface area contributed by atoms with Crippen molar-refractivity contribution in [1.82, 2.24) is 0 Å². The Bertz CT molecular complexity index is 1040. The fourth-order valence-corrected chi connectivity index (χ4v) is 4.07. The van der Waals surface area contributed by atoms with Crippen molar-refractivity contribution < 1.29 is 17.7 Å². The molecule has 29 heavy (non-hydrogen) atoms. The van der Waals surface area contributed by atoms with Gasteiger partial charge >= 0.3 is 0 Å². The molecule has 0 aromatic heterocycles. The van der Waals surface area contributed by atoms with Crippen molar-refractivity contribution in [2.45, 2.75) is 63.3 Å². The highest BCUT2D eigenvalue weighted by Crippen LogP contribution is 2.34. The van der Waals surface area contributed by atoms with Crippen molar-refractivity contribution in [2.75, 3.05) is 6.61 Å². The molecule has 2 aromatic carbocycles. The zero-order chi connectivity index (χ0) is 21.4. The summed E-state index contributed by atoms with van der Waals surface area (Å²) < 4.78 is 38.5. The van der Waals surface area contributed by atoms with E-state index in [1.807, 2.05) is 24.3 Å². The van der Waals surface area contributed by atoms with Crippen LogP contribution in [0.15, 0.2) is 52.4 Å². The quantitative estimate of drug-likeness (QED) is 0.671. The first-order valence-electron chi connectivity index (χ1n) is 9.88. The Morgan fingerprint density at radius 1 is 1.14 bits per heavy atom. The molecule has 0 amide bonds. The van der Waals surface area contributed by atoms with E-state index in [2.05, 4.69) is 34.6 Å². The topological polar surface area (TPSA) is 76.0 Å². The second-order valence-corrected chi connectivity index (χ2v) is 10.2. The van der Waals surface area contributed by atoms with Crippen molar-refractivity contribution >= 4 is 16.0 Å². The molecule has 1 N–H and O–H groups in total. The molecule has 6 heteroatoms. The van der Waals surface area contributed by atoms with Gasteiger partial charge in [-0.2, -0.15) is 8.42 Å². The number of benzene rings is 2. The number of aryl methyl sites for hydroxylation is 1. The Kier molecular flexibility index (Phi) is 5.62. The molecule has 0 unspecified atom stereocenters. The van der Waals surface area contributed by atoms with Crippen LogP contribution in [0.25, 0.3) is 11.1 Å². The van der Waals surface area contributed by atoms with Crippen LogP contribution in [0.5, 0.6) is 0 Å². The maximum atomic E-state index is 11.6. The van der Waals surface area contributed by atoms with Crippen molar-refractivity contribution in [3.05, 3.63) is 53.6 Å². The first kappa shape index (κ1) is 21.5. The van der Waals surface area contributed by atoms with Crippen LogP contribution in [-0.4, -0.2) is 31.0 Å². The summed E-state index contributed by atoms with van der Waals surface area (Å²) in [7, 11) is -4.25. The second-order valence-electron chi connectivity index (χ2n) is 8.76. The summed E-state index contributed by atoms with van der Waals surface area (Å²) in [5.41, 5.74) is 3.28. The van der Waals surface area contributed by atoms with Crippen LogP contribution in [0.4, 0.5) is 0 Å². The Morgan fingerprint density at radius 3 is 2.31 bits per heavy atom. The van der Waals surface area contributed by atoms with Gasteiger partial charge in [0.25, 0.3) is 10.1 Å². The first-order valence-corrected chi connectivity index (χ1v) is 11.3. The summed E-state index contributed by atoms with van der Waals surface area (Å²) in [4.78, 5) is 4.64. The van der Waals surface area contributed by atoms with Crippen molar-refractivity contribution in [2.24, 2.45) is 4.99 Å². The van der Waals surface area contributed by atoms with Crippen LogP contribution in [0, 0.1) is 0 Å². The molecule has 1 aliphatic heterocycles. The standard InChI is InChI=1S/C23H29NO4S/c1-6-7-16-10-13-19(29(25,26)27)14-20(16)17-8-11-18(12-9-17)23(4,5)21-24-22(2,3)15-28-21/h8-14H,6-7,15H2,1-5H3,(H,25,26,27). The highest BCUT2D eigenvalue weighted by Gasteiger charge is 2.37. The van der Waals surface area contributed by atoms with Gasteiger partial charge < -0.3 is 4.74 Å². The zero-order valence-corrected chi connectivity index (χ0v) is 18.5. The molecule has 0 radical (unpaired) electrons. The summed E-state index contributed by atoms with van der Waals surface area (Å²) >= 11 is 0. The van der Waals surface area contributed by atoms with Gasteiger partial charge in [0.1, 0.15) is 6.61 Å². The van der Waals surface area contributed by atoms with E-state index in [-0.39, 0.29) is 15.8 Å². The lowest BCUT2D eigenvalue weighted by Gasteiger charge is -2.24. The molecular weight excluding hydrogens is 386 g/mol. The van der Waals surface area contributed by atoms with Gasteiger partial charge in [0.2, 0.25) is 0 Å². The van der Waals surface area contributed by atoms with E-state index in [9.17, 15) is 13.0 Å². The fourth-order valence-electron chi connectivity index (χ4n) is 3.57. The lowest BCUT2D eigenvalue weighted by atomic mass is 9.83. The molecular formula is C23H29NO4S. The summed E-state index contributed by atoms with van der Waals surface area (Å²) in [6.07, 6.45) is 1.77. The minimum atomic E-state index is -4.25. The molecule has 0 atom stereocenters. The number of rotatable bonds is 6. The molecule has 5 nitrogen and oxygen atoms in total. The molecule has 156 valence electrons. The van der Waals surface area contributed by atoms with Gasteiger partial charge in [-0.05, 0) is 68.5 Å². The Balaban J connectivity index is 2.00. The van der Waals surface area contributed by atoms with Crippen LogP contribution >= 0.6 is 0 Å². The summed E-state index contributed by atoms with van der Waals surface area (Å²) in [5.74, 6) is 0.732. The molecule has 0 saturated heterocycles. The van der Waals surface area contributed by atoms with Gasteiger partial charge in [-0.1, -0.05) is 43.7 Å². The number of hydrogen-bond donors (Lipinski definition) is 1. The maximum Gasteiger partial charge on any atom is 0.294 e. The van der Waals surface area contributed by atoms with Gasteiger partial charge in [-0.15, -0.1) is 0 Å². The predicted molar refractivity (Wildman–Crippen MR) is 116 cm³/mol.